The summed E-state index contributed by atoms with van der Waals surface area (Å²) in [6.45, 7) is 6.99. The summed E-state index contributed by atoms with van der Waals surface area (Å²) in [5.74, 6) is 1.22. The van der Waals surface area contributed by atoms with Crippen LogP contribution in [0.1, 0.15) is 109 Å². The van der Waals surface area contributed by atoms with Gasteiger partial charge in [0, 0.05) is 4.86 Å². The fourth-order valence-corrected chi connectivity index (χ4v) is 5.38. The number of benzene rings is 2. The third kappa shape index (κ3) is 9.97. The molecule has 0 bridgehead atoms. The first-order valence-electron chi connectivity index (χ1n) is 13.6. The third-order valence-corrected chi connectivity index (χ3v) is 7.41. The third-order valence-electron chi connectivity index (χ3n) is 6.94. The molecule has 0 fully saturated rings. The van der Waals surface area contributed by atoms with Crippen LogP contribution in [0.15, 0.2) is 66.2 Å². The highest BCUT2D eigenvalue weighted by Gasteiger charge is 2.26. The van der Waals surface area contributed by atoms with Crippen LogP contribution in [0.3, 0.4) is 0 Å². The fourth-order valence-electron chi connectivity index (χ4n) is 5.03. The van der Waals surface area contributed by atoms with E-state index in [0.717, 1.165) is 4.86 Å². The number of allylic oxidation sites excluding steroid dienone is 1. The van der Waals surface area contributed by atoms with E-state index in [1.165, 1.54) is 93.7 Å². The topological polar surface area (TPSA) is 0 Å². The molecule has 0 amide bonds. The maximum absolute atomic E-state index is 6.16. The van der Waals surface area contributed by atoms with E-state index in [0.29, 0.717) is 11.8 Å². The Labute approximate surface area is 209 Å². The van der Waals surface area contributed by atoms with Gasteiger partial charge < -0.3 is 0 Å². The number of hydrogen-bond donors (Lipinski definition) is 0. The van der Waals surface area contributed by atoms with Crippen LogP contribution in [0, 0.1) is 11.8 Å². The molecule has 2 aromatic rings. The van der Waals surface area contributed by atoms with Crippen molar-refractivity contribution in [2.24, 2.45) is 11.8 Å². The van der Waals surface area contributed by atoms with Gasteiger partial charge in [0.2, 0.25) is 0 Å². The molecule has 0 radical (unpaired) electrons. The molecule has 2 unspecified atom stereocenters. The van der Waals surface area contributed by atoms with Gasteiger partial charge in [-0.05, 0) is 35.0 Å². The second-order valence-electron chi connectivity index (χ2n) is 9.53. The maximum atomic E-state index is 6.16. The van der Waals surface area contributed by atoms with Crippen LogP contribution in [0.2, 0.25) is 0 Å². The van der Waals surface area contributed by atoms with E-state index >= 15 is 0 Å². The molecule has 0 aromatic heterocycles. The minimum Gasteiger partial charge on any atom is -0.0791 e. The van der Waals surface area contributed by atoms with Gasteiger partial charge >= 0.3 is 0 Å². The Morgan fingerprint density at radius 2 is 1.27 bits per heavy atom. The lowest BCUT2D eigenvalue weighted by Gasteiger charge is -2.30. The lowest BCUT2D eigenvalue weighted by Crippen LogP contribution is -2.21. The Balaban J connectivity index is 2.23. The molecule has 33 heavy (non-hydrogen) atoms. The number of rotatable bonds is 17. The van der Waals surface area contributed by atoms with Crippen molar-refractivity contribution in [1.29, 1.82) is 0 Å². The molecule has 2 aromatic carbocycles. The lowest BCUT2D eigenvalue weighted by atomic mass is 9.75. The summed E-state index contributed by atoms with van der Waals surface area (Å²) in [4.78, 5) is 1.04. The van der Waals surface area contributed by atoms with Crippen LogP contribution in [0.25, 0.3) is 6.08 Å². The molecular formula is C32H46S. The molecule has 0 N–H and O–H groups in total. The second kappa shape index (κ2) is 16.8. The molecule has 0 aliphatic rings. The molecule has 0 aliphatic heterocycles. The fraction of sp³-hybridized carbons (Fsp3) is 0.531. The summed E-state index contributed by atoms with van der Waals surface area (Å²) in [7, 11) is 0. The normalized spacial score (nSPS) is 13.6. The Hall–Kier alpha value is -1.73. The monoisotopic (exact) mass is 462 g/mol. The summed E-state index contributed by atoms with van der Waals surface area (Å²) in [5.41, 5.74) is 3.82. The molecule has 0 spiro atoms. The summed E-state index contributed by atoms with van der Waals surface area (Å²) in [5, 5.41) is 0. The smallest absolute Gasteiger partial charge is 0.0484 e. The average Bonchev–Trinajstić information content (AvgIpc) is 2.86. The van der Waals surface area contributed by atoms with Gasteiger partial charge in [0.25, 0.3) is 0 Å². The van der Waals surface area contributed by atoms with Crippen molar-refractivity contribution in [2.45, 2.75) is 97.8 Å². The van der Waals surface area contributed by atoms with Crippen molar-refractivity contribution in [3.63, 3.8) is 0 Å². The highest BCUT2D eigenvalue weighted by atomic mass is 32.1. The average molecular weight is 463 g/mol. The first-order chi connectivity index (χ1) is 16.2. The van der Waals surface area contributed by atoms with E-state index < -0.39 is 0 Å². The molecular weight excluding hydrogens is 416 g/mol. The van der Waals surface area contributed by atoms with E-state index in [2.05, 4.69) is 87.5 Å². The summed E-state index contributed by atoms with van der Waals surface area (Å²) in [6, 6.07) is 21.4. The van der Waals surface area contributed by atoms with Crippen molar-refractivity contribution in [3.8, 4) is 0 Å². The summed E-state index contributed by atoms with van der Waals surface area (Å²) >= 11 is 6.16. The standard InChI is InChI=1S/C32H46S/c1-4-7-8-9-10-11-12-19-25-30(28(6-3)20-5-2)31(26-27-21-15-13-16-22-27)32(33)29-23-17-14-18-24-29/h13-18,21-24,26,28,30H,4-12,19-20,25H2,1-3H3. The number of thiocarbonyl (C=S) groups is 1. The molecule has 0 heterocycles. The van der Waals surface area contributed by atoms with Crippen LogP contribution >= 0.6 is 12.2 Å². The Bertz CT molecular complexity index is 790. The van der Waals surface area contributed by atoms with Crippen LogP contribution in [-0.2, 0) is 0 Å². The maximum Gasteiger partial charge on any atom is 0.0484 e. The second-order valence-corrected chi connectivity index (χ2v) is 9.94. The molecule has 1 heteroatoms. The predicted octanol–water partition coefficient (Wildman–Crippen LogP) is 10.5. The molecule has 2 rings (SSSR count). The number of unbranched alkanes of at least 4 members (excludes halogenated alkanes) is 7. The zero-order valence-electron chi connectivity index (χ0n) is 21.4. The van der Waals surface area contributed by atoms with Crippen LogP contribution in [-0.4, -0.2) is 4.86 Å². The van der Waals surface area contributed by atoms with E-state index in [4.69, 9.17) is 12.2 Å². The zero-order valence-corrected chi connectivity index (χ0v) is 22.2. The van der Waals surface area contributed by atoms with E-state index in [1.54, 1.807) is 0 Å². The molecule has 0 aliphatic carbocycles. The van der Waals surface area contributed by atoms with Gasteiger partial charge in [-0.1, -0.05) is 170 Å². The molecule has 180 valence electrons. The van der Waals surface area contributed by atoms with Crippen molar-refractivity contribution in [2.75, 3.05) is 0 Å². The number of hydrogen-bond acceptors (Lipinski definition) is 1. The largest absolute Gasteiger partial charge is 0.0791 e. The van der Waals surface area contributed by atoms with Gasteiger partial charge in [-0.15, -0.1) is 0 Å². The van der Waals surface area contributed by atoms with Crippen LogP contribution in [0.5, 0.6) is 0 Å². The highest BCUT2D eigenvalue weighted by Crippen LogP contribution is 2.35. The Kier molecular flexibility index (Phi) is 14.0. The molecule has 2 atom stereocenters. The van der Waals surface area contributed by atoms with E-state index in [-0.39, 0.29) is 0 Å². The van der Waals surface area contributed by atoms with Gasteiger partial charge in [0.05, 0.1) is 0 Å². The Morgan fingerprint density at radius 3 is 1.85 bits per heavy atom. The van der Waals surface area contributed by atoms with Gasteiger partial charge in [0.15, 0.2) is 0 Å². The first kappa shape index (κ1) is 27.5. The van der Waals surface area contributed by atoms with Gasteiger partial charge in [-0.3, -0.25) is 0 Å². The molecule has 0 saturated heterocycles. The minimum absolute atomic E-state index is 0.531. The first-order valence-corrected chi connectivity index (χ1v) is 14.0. The van der Waals surface area contributed by atoms with Crippen LogP contribution in [0.4, 0.5) is 0 Å². The molecule has 0 nitrogen and oxygen atoms in total. The van der Waals surface area contributed by atoms with Gasteiger partial charge in [0.1, 0.15) is 0 Å². The van der Waals surface area contributed by atoms with Crippen molar-refractivity contribution < 1.29 is 0 Å². The summed E-state index contributed by atoms with van der Waals surface area (Å²) in [6.07, 6.45) is 18.3. The SMILES string of the molecule is CCCCCCCCCCC(C(=Cc1ccccc1)C(=S)c1ccccc1)C(CC)CCC. The van der Waals surface area contributed by atoms with E-state index in [1.807, 2.05) is 0 Å². The van der Waals surface area contributed by atoms with Crippen molar-refractivity contribution in [3.05, 3.63) is 77.4 Å². The predicted molar refractivity (Wildman–Crippen MR) is 152 cm³/mol. The van der Waals surface area contributed by atoms with Crippen LogP contribution < -0.4 is 0 Å². The lowest BCUT2D eigenvalue weighted by molar-refractivity contribution is 0.322. The quantitative estimate of drug-likeness (QED) is 0.0974. The van der Waals surface area contributed by atoms with Gasteiger partial charge in [-0.2, -0.15) is 0 Å². The zero-order chi connectivity index (χ0) is 23.7. The Morgan fingerprint density at radius 1 is 0.697 bits per heavy atom. The van der Waals surface area contributed by atoms with Gasteiger partial charge in [-0.25, -0.2) is 0 Å². The molecule has 0 saturated carbocycles. The minimum atomic E-state index is 0.531. The summed E-state index contributed by atoms with van der Waals surface area (Å²) < 4.78 is 0. The van der Waals surface area contributed by atoms with Crippen molar-refractivity contribution >= 4 is 23.2 Å². The highest BCUT2D eigenvalue weighted by molar-refractivity contribution is 7.81. The van der Waals surface area contributed by atoms with Crippen molar-refractivity contribution in [1.82, 2.24) is 0 Å². The van der Waals surface area contributed by atoms with E-state index in [9.17, 15) is 0 Å².